The molecule has 4 rings (SSSR count). The average molecular weight is 538 g/mol. The molecule has 3 aromatic carbocycles. The van der Waals surface area contributed by atoms with Crippen LogP contribution in [0.2, 0.25) is 0 Å². The smallest absolute Gasteiger partial charge is 0.347 e. The van der Waals surface area contributed by atoms with Gasteiger partial charge in [0.15, 0.2) is 0 Å². The van der Waals surface area contributed by atoms with Crippen LogP contribution in [-0.4, -0.2) is 11.1 Å². The van der Waals surface area contributed by atoms with Crippen LogP contribution in [0.4, 0.5) is 0 Å². The summed E-state index contributed by atoms with van der Waals surface area (Å²) < 4.78 is 5.62. The summed E-state index contributed by atoms with van der Waals surface area (Å²) in [5.41, 5.74) is 6.25. The largest absolute Gasteiger partial charge is 0.507 e. The first-order valence-electron chi connectivity index (χ1n) is 15.3. The molecular weight excluding hydrogens is 494 g/mol. The predicted octanol–water partition coefficient (Wildman–Crippen LogP) is 9.69. The van der Waals surface area contributed by atoms with E-state index < -0.39 is 5.97 Å². The van der Waals surface area contributed by atoms with Crippen molar-refractivity contribution >= 4 is 5.97 Å². The van der Waals surface area contributed by atoms with Crippen molar-refractivity contribution in [1.82, 2.24) is 0 Å². The Kier molecular flexibility index (Phi) is 11.2. The second kappa shape index (κ2) is 15.3. The lowest BCUT2D eigenvalue weighted by Gasteiger charge is -2.09. The van der Waals surface area contributed by atoms with E-state index in [1.165, 1.54) is 77.0 Å². The van der Waals surface area contributed by atoms with Gasteiger partial charge in [0.25, 0.3) is 0 Å². The fourth-order valence-electron chi connectivity index (χ4n) is 5.73. The molecule has 0 spiro atoms. The summed E-state index contributed by atoms with van der Waals surface area (Å²) in [6.45, 7) is 2.27. The highest BCUT2D eigenvalue weighted by Crippen LogP contribution is 2.39. The maximum atomic E-state index is 12.8. The van der Waals surface area contributed by atoms with E-state index >= 15 is 0 Å². The number of carbonyl (C=O) groups is 1. The molecule has 4 nitrogen and oxygen atoms in total. The third kappa shape index (κ3) is 8.21. The summed E-state index contributed by atoms with van der Waals surface area (Å²) in [6.07, 6.45) is 18.8. The van der Waals surface area contributed by atoms with Crippen LogP contribution in [0.25, 0.3) is 11.1 Å². The molecule has 0 radical (unpaired) electrons. The van der Waals surface area contributed by atoms with Crippen molar-refractivity contribution in [2.75, 3.05) is 0 Å². The van der Waals surface area contributed by atoms with Crippen LogP contribution in [0.5, 0.6) is 11.5 Å². The molecule has 0 fully saturated rings. The highest BCUT2D eigenvalue weighted by atomic mass is 16.5. The normalized spacial score (nSPS) is 11.6. The Morgan fingerprint density at radius 3 is 2.00 bits per heavy atom. The van der Waals surface area contributed by atoms with E-state index in [1.807, 2.05) is 36.4 Å². The van der Waals surface area contributed by atoms with Gasteiger partial charge in [-0.2, -0.15) is 5.26 Å². The summed E-state index contributed by atoms with van der Waals surface area (Å²) in [6, 6.07) is 18.8. The van der Waals surface area contributed by atoms with Gasteiger partial charge in [-0.1, -0.05) is 102 Å². The molecule has 210 valence electrons. The lowest BCUT2D eigenvalue weighted by Crippen LogP contribution is -2.09. The van der Waals surface area contributed by atoms with Gasteiger partial charge >= 0.3 is 5.97 Å². The average Bonchev–Trinajstić information content (AvgIpc) is 3.32. The summed E-state index contributed by atoms with van der Waals surface area (Å²) in [4.78, 5) is 12.8. The first kappa shape index (κ1) is 29.4. The number of nitrogens with zero attached hydrogens (tertiary/aromatic N) is 1. The number of unbranched alkanes of at least 4 members (excludes halogenated alkanes) is 12. The van der Waals surface area contributed by atoms with Gasteiger partial charge in [-0.15, -0.1) is 0 Å². The molecule has 0 aliphatic heterocycles. The molecule has 3 aromatic rings. The van der Waals surface area contributed by atoms with Crippen LogP contribution in [0, 0.1) is 11.3 Å². The van der Waals surface area contributed by atoms with Crippen LogP contribution in [0.3, 0.4) is 0 Å². The highest BCUT2D eigenvalue weighted by Gasteiger charge is 2.21. The van der Waals surface area contributed by atoms with E-state index in [0.717, 1.165) is 40.7 Å². The molecule has 0 atom stereocenters. The van der Waals surface area contributed by atoms with E-state index in [9.17, 15) is 15.2 Å². The first-order valence-corrected chi connectivity index (χ1v) is 15.3. The number of phenols is 1. The third-order valence-corrected chi connectivity index (χ3v) is 8.04. The first-order chi connectivity index (χ1) is 19.6. The standard InChI is InChI=1S/C36H43NO3/c1-2-3-4-5-6-7-8-9-10-11-12-13-14-15-27-16-20-34(35(38)23-27)36(39)40-31-18-21-33-30(25-31)24-29-22-28(26-37)17-19-32(29)33/h16-23,25,38H,2-15,24H2,1H3. The number of nitriles is 1. The molecule has 0 unspecified atom stereocenters. The quantitative estimate of drug-likeness (QED) is 0.0877. The van der Waals surface area contributed by atoms with E-state index in [2.05, 4.69) is 13.0 Å². The topological polar surface area (TPSA) is 70.3 Å². The van der Waals surface area contributed by atoms with Crippen molar-refractivity contribution in [3.63, 3.8) is 0 Å². The van der Waals surface area contributed by atoms with Crippen molar-refractivity contribution in [3.8, 4) is 28.7 Å². The molecule has 0 aromatic heterocycles. The van der Waals surface area contributed by atoms with Gasteiger partial charge in [-0.25, -0.2) is 4.79 Å². The predicted molar refractivity (Wildman–Crippen MR) is 162 cm³/mol. The number of ether oxygens (including phenoxy) is 1. The number of benzene rings is 3. The zero-order chi connectivity index (χ0) is 28.2. The van der Waals surface area contributed by atoms with E-state index in [-0.39, 0.29) is 11.3 Å². The lowest BCUT2D eigenvalue weighted by molar-refractivity contribution is 0.0731. The third-order valence-electron chi connectivity index (χ3n) is 8.04. The van der Waals surface area contributed by atoms with Gasteiger partial charge < -0.3 is 9.84 Å². The van der Waals surface area contributed by atoms with Crippen LogP contribution < -0.4 is 4.74 Å². The number of aromatic hydroxyl groups is 1. The maximum Gasteiger partial charge on any atom is 0.347 e. The van der Waals surface area contributed by atoms with Crippen molar-refractivity contribution < 1.29 is 14.6 Å². The number of carbonyl (C=O) groups excluding carboxylic acids is 1. The van der Waals surface area contributed by atoms with Crippen LogP contribution in [0.1, 0.15) is 123 Å². The molecule has 0 saturated heterocycles. The van der Waals surface area contributed by atoms with Gasteiger partial charge in [-0.3, -0.25) is 0 Å². The monoisotopic (exact) mass is 537 g/mol. The van der Waals surface area contributed by atoms with Gasteiger partial charge in [0, 0.05) is 0 Å². The maximum absolute atomic E-state index is 12.8. The number of hydrogen-bond acceptors (Lipinski definition) is 4. The van der Waals surface area contributed by atoms with Crippen molar-refractivity contribution in [2.45, 2.75) is 103 Å². The molecule has 1 N–H and O–H groups in total. The minimum absolute atomic E-state index is 0.0326. The summed E-state index contributed by atoms with van der Waals surface area (Å²) in [5, 5.41) is 19.7. The van der Waals surface area contributed by atoms with Gasteiger partial charge in [0.05, 0.1) is 11.6 Å². The number of esters is 1. The molecule has 0 heterocycles. The summed E-state index contributed by atoms with van der Waals surface area (Å²) in [5.74, 6) is -0.144. The Morgan fingerprint density at radius 1 is 0.775 bits per heavy atom. The molecule has 1 aliphatic carbocycles. The van der Waals surface area contributed by atoms with Crippen molar-refractivity contribution in [2.24, 2.45) is 0 Å². The highest BCUT2D eigenvalue weighted by molar-refractivity contribution is 5.94. The Labute approximate surface area is 240 Å². The van der Waals surface area contributed by atoms with Gasteiger partial charge in [-0.05, 0) is 83.5 Å². The van der Waals surface area contributed by atoms with E-state index in [4.69, 9.17) is 4.74 Å². The number of fused-ring (bicyclic) bond motifs is 3. The van der Waals surface area contributed by atoms with Crippen molar-refractivity contribution in [1.29, 1.82) is 5.26 Å². The fraction of sp³-hybridized carbons (Fsp3) is 0.444. The second-order valence-corrected chi connectivity index (χ2v) is 11.2. The van der Waals surface area contributed by atoms with Crippen LogP contribution in [-0.2, 0) is 12.8 Å². The molecule has 40 heavy (non-hydrogen) atoms. The summed E-state index contributed by atoms with van der Waals surface area (Å²) >= 11 is 0. The van der Waals surface area contributed by atoms with Crippen LogP contribution in [0.15, 0.2) is 54.6 Å². The molecule has 0 amide bonds. The van der Waals surface area contributed by atoms with Gasteiger partial charge in [0.1, 0.15) is 17.1 Å². The van der Waals surface area contributed by atoms with Gasteiger partial charge in [0.2, 0.25) is 0 Å². The minimum Gasteiger partial charge on any atom is -0.507 e. The molecule has 0 saturated carbocycles. The number of hydrogen-bond donors (Lipinski definition) is 1. The minimum atomic E-state index is -0.563. The number of rotatable bonds is 16. The number of phenolic OH excluding ortho intramolecular Hbond substituents is 1. The van der Waals surface area contributed by atoms with E-state index in [1.54, 1.807) is 18.2 Å². The Balaban J connectivity index is 1.16. The Hall–Kier alpha value is -3.58. The lowest BCUT2D eigenvalue weighted by atomic mass is 10.0. The number of aryl methyl sites for hydroxylation is 1. The molecular formula is C36H43NO3. The zero-order valence-corrected chi connectivity index (χ0v) is 24.0. The zero-order valence-electron chi connectivity index (χ0n) is 24.0. The SMILES string of the molecule is CCCCCCCCCCCCCCCc1ccc(C(=O)Oc2ccc3c(c2)Cc2cc(C#N)ccc2-3)c(O)c1. The molecule has 1 aliphatic rings. The Bertz CT molecular complexity index is 1320. The summed E-state index contributed by atoms with van der Waals surface area (Å²) in [7, 11) is 0. The van der Waals surface area contributed by atoms with E-state index in [0.29, 0.717) is 17.7 Å². The fourth-order valence-corrected chi connectivity index (χ4v) is 5.73. The molecule has 4 heteroatoms. The second-order valence-electron chi connectivity index (χ2n) is 11.2. The molecule has 0 bridgehead atoms. The van der Waals surface area contributed by atoms with Crippen LogP contribution >= 0.6 is 0 Å². The Morgan fingerprint density at radius 2 is 1.38 bits per heavy atom. The van der Waals surface area contributed by atoms with Crippen molar-refractivity contribution in [3.05, 3.63) is 82.4 Å².